The highest BCUT2D eigenvalue weighted by Crippen LogP contribution is 2.60. The van der Waals surface area contributed by atoms with Gasteiger partial charge in [0.25, 0.3) is 0 Å². The molecule has 0 spiro atoms. The molecule has 25 heavy (non-hydrogen) atoms. The zero-order chi connectivity index (χ0) is 17.6. The number of thiophene rings is 2. The van der Waals surface area contributed by atoms with Gasteiger partial charge in [-0.05, 0) is 12.8 Å². The first-order valence-corrected chi connectivity index (χ1v) is 9.58. The molecule has 0 aliphatic heterocycles. The van der Waals surface area contributed by atoms with E-state index in [1.807, 2.05) is 0 Å². The largest absolute Gasteiger partial charge is 0.304 e. The van der Waals surface area contributed by atoms with Crippen LogP contribution in [0.4, 0.5) is 17.6 Å². The molecule has 0 saturated heterocycles. The highest BCUT2D eigenvalue weighted by atomic mass is 32.1. The van der Waals surface area contributed by atoms with Crippen molar-refractivity contribution in [1.29, 1.82) is 5.41 Å². The first-order chi connectivity index (χ1) is 11.9. The molecule has 3 aliphatic rings. The predicted octanol–water partition coefficient (Wildman–Crippen LogP) is 5.07. The molecular weight excluding hydrogens is 372 g/mol. The van der Waals surface area contributed by atoms with E-state index in [9.17, 15) is 17.6 Å². The van der Waals surface area contributed by atoms with Gasteiger partial charge in [-0.25, -0.2) is 8.78 Å². The highest BCUT2D eigenvalue weighted by molar-refractivity contribution is 7.11. The van der Waals surface area contributed by atoms with Crippen LogP contribution in [0.25, 0.3) is 0 Å². The van der Waals surface area contributed by atoms with E-state index >= 15 is 0 Å². The van der Waals surface area contributed by atoms with Crippen LogP contribution >= 0.6 is 22.7 Å². The summed E-state index contributed by atoms with van der Waals surface area (Å²) in [6.45, 7) is 0. The Morgan fingerprint density at radius 2 is 1.36 bits per heavy atom. The van der Waals surface area contributed by atoms with Crippen LogP contribution in [0.3, 0.4) is 0 Å². The molecule has 130 valence electrons. The predicted molar refractivity (Wildman–Crippen MR) is 89.5 cm³/mol. The van der Waals surface area contributed by atoms with E-state index in [2.05, 4.69) is 4.99 Å². The molecule has 1 fully saturated rings. The molecule has 8 heteroatoms. The van der Waals surface area contributed by atoms with Crippen LogP contribution in [0.1, 0.15) is 45.6 Å². The molecule has 4 unspecified atom stereocenters. The SMILES string of the molecule is CN=C1c2c(sc(F)c2F)C2CC3C(=N)c4c(sc(F)c4F)C3CC12. The zero-order valence-corrected chi connectivity index (χ0v) is 14.6. The molecule has 1 N–H and O–H groups in total. The third-order valence-electron chi connectivity index (χ3n) is 5.83. The third kappa shape index (κ3) is 1.79. The summed E-state index contributed by atoms with van der Waals surface area (Å²) in [5.74, 6) is -2.34. The Bertz CT molecular complexity index is 974. The molecule has 2 aromatic heterocycles. The van der Waals surface area contributed by atoms with Crippen molar-refractivity contribution >= 4 is 34.1 Å². The van der Waals surface area contributed by atoms with Crippen LogP contribution in [0.5, 0.6) is 0 Å². The number of aliphatic imine (C=N–C) groups is 1. The van der Waals surface area contributed by atoms with Crippen LogP contribution in [-0.4, -0.2) is 18.5 Å². The van der Waals surface area contributed by atoms with Gasteiger partial charge in [0, 0.05) is 63.0 Å². The summed E-state index contributed by atoms with van der Waals surface area (Å²) in [4.78, 5) is 5.45. The normalized spacial score (nSPS) is 31.2. The maximum atomic E-state index is 14.2. The van der Waals surface area contributed by atoms with Crippen molar-refractivity contribution < 1.29 is 17.6 Å². The Morgan fingerprint density at radius 3 is 2.00 bits per heavy atom. The standard InChI is InChI=1S/C17H12F4N2S2/c1-23-13-5-3-6-4(12(22)8-10(18)16(20)24-14(6)8)2-7(5)15-9(13)11(19)17(21)25-15/h4-7,22H,2-3H2,1H3. The first-order valence-electron chi connectivity index (χ1n) is 7.95. The minimum absolute atomic E-state index is 0.0884. The van der Waals surface area contributed by atoms with E-state index in [-0.39, 0.29) is 40.5 Å². The van der Waals surface area contributed by atoms with Crippen molar-refractivity contribution in [2.75, 3.05) is 7.05 Å². The van der Waals surface area contributed by atoms with Crippen molar-refractivity contribution in [2.45, 2.75) is 24.7 Å². The second kappa shape index (κ2) is 5.01. The van der Waals surface area contributed by atoms with Gasteiger partial charge >= 0.3 is 0 Å². The number of nitrogens with one attached hydrogen (secondary N) is 1. The van der Waals surface area contributed by atoms with Gasteiger partial charge in [0.2, 0.25) is 10.3 Å². The van der Waals surface area contributed by atoms with Gasteiger partial charge in [-0.1, -0.05) is 0 Å². The average Bonchev–Trinajstić information content (AvgIpc) is 3.24. The van der Waals surface area contributed by atoms with E-state index in [1.54, 1.807) is 7.05 Å². The molecule has 3 aliphatic carbocycles. The van der Waals surface area contributed by atoms with E-state index in [1.165, 1.54) is 0 Å². The van der Waals surface area contributed by atoms with Gasteiger partial charge in [-0.2, -0.15) is 8.78 Å². The number of nitrogens with zero attached hydrogens (tertiary/aromatic N) is 1. The van der Waals surface area contributed by atoms with Crippen LogP contribution in [0, 0.1) is 39.1 Å². The Morgan fingerprint density at radius 1 is 0.840 bits per heavy atom. The summed E-state index contributed by atoms with van der Waals surface area (Å²) in [7, 11) is 1.56. The molecule has 4 atom stereocenters. The lowest BCUT2D eigenvalue weighted by molar-refractivity contribution is 0.317. The minimum Gasteiger partial charge on any atom is -0.304 e. The van der Waals surface area contributed by atoms with Gasteiger partial charge < -0.3 is 5.41 Å². The van der Waals surface area contributed by atoms with Gasteiger partial charge in [-0.3, -0.25) is 4.99 Å². The van der Waals surface area contributed by atoms with Crippen molar-refractivity contribution in [1.82, 2.24) is 0 Å². The van der Waals surface area contributed by atoms with E-state index in [0.29, 0.717) is 28.3 Å². The van der Waals surface area contributed by atoms with E-state index in [0.717, 1.165) is 22.7 Å². The Labute approximate surface area is 148 Å². The molecule has 1 saturated carbocycles. The number of hydrogen-bond acceptors (Lipinski definition) is 4. The smallest absolute Gasteiger partial charge is 0.213 e. The lowest BCUT2D eigenvalue weighted by atomic mass is 9.70. The number of hydrogen-bond donors (Lipinski definition) is 1. The fraction of sp³-hybridized carbons (Fsp3) is 0.412. The molecular formula is C17H12F4N2S2. The van der Waals surface area contributed by atoms with Crippen LogP contribution < -0.4 is 0 Å². The quantitative estimate of drug-likeness (QED) is 0.616. The van der Waals surface area contributed by atoms with Crippen LogP contribution in [0.2, 0.25) is 0 Å². The van der Waals surface area contributed by atoms with Gasteiger partial charge in [-0.15, -0.1) is 22.7 Å². The summed E-state index contributed by atoms with van der Waals surface area (Å²) >= 11 is 1.58. The lowest BCUT2D eigenvalue weighted by Crippen LogP contribution is -2.30. The van der Waals surface area contributed by atoms with Crippen molar-refractivity contribution in [2.24, 2.45) is 16.8 Å². The van der Waals surface area contributed by atoms with Crippen molar-refractivity contribution in [3.63, 3.8) is 0 Å². The Hall–Kier alpha value is -1.54. The van der Waals surface area contributed by atoms with Gasteiger partial charge in [0.15, 0.2) is 11.6 Å². The molecule has 0 radical (unpaired) electrons. The third-order valence-corrected chi connectivity index (χ3v) is 8.00. The topological polar surface area (TPSA) is 36.2 Å². The maximum Gasteiger partial charge on any atom is 0.213 e. The van der Waals surface area contributed by atoms with Gasteiger partial charge in [0.05, 0.1) is 0 Å². The molecule has 2 nitrogen and oxygen atoms in total. The summed E-state index contributed by atoms with van der Waals surface area (Å²) < 4.78 is 55.7. The number of rotatable bonds is 0. The summed E-state index contributed by atoms with van der Waals surface area (Å²) in [5.41, 5.74) is 1.05. The lowest BCUT2D eigenvalue weighted by Gasteiger charge is -2.35. The molecule has 5 rings (SSSR count). The number of halogens is 4. The first kappa shape index (κ1) is 15.7. The second-order valence-electron chi connectivity index (χ2n) is 6.78. The summed E-state index contributed by atoms with van der Waals surface area (Å²) in [5, 5.41) is 6.60. The average molecular weight is 384 g/mol. The fourth-order valence-electron chi connectivity index (χ4n) is 4.86. The highest BCUT2D eigenvalue weighted by Gasteiger charge is 2.53. The minimum atomic E-state index is -0.928. The molecule has 0 bridgehead atoms. The molecule has 0 aromatic carbocycles. The summed E-state index contributed by atoms with van der Waals surface area (Å²) in [6, 6.07) is 0. The Kier molecular flexibility index (Phi) is 3.14. The fourth-order valence-corrected chi connectivity index (χ4v) is 7.05. The molecule has 2 aromatic rings. The van der Waals surface area contributed by atoms with Crippen LogP contribution in [-0.2, 0) is 0 Å². The summed E-state index contributed by atoms with van der Waals surface area (Å²) in [6.07, 6.45) is 1.07. The maximum absolute atomic E-state index is 14.2. The second-order valence-corrected chi connectivity index (χ2v) is 8.78. The Balaban J connectivity index is 1.62. The molecule has 0 amide bonds. The van der Waals surface area contributed by atoms with E-state index < -0.39 is 21.9 Å². The monoisotopic (exact) mass is 384 g/mol. The van der Waals surface area contributed by atoms with Crippen molar-refractivity contribution in [3.05, 3.63) is 42.8 Å². The van der Waals surface area contributed by atoms with Crippen molar-refractivity contribution in [3.8, 4) is 0 Å². The van der Waals surface area contributed by atoms with E-state index in [4.69, 9.17) is 5.41 Å². The van der Waals surface area contributed by atoms with Gasteiger partial charge in [0.1, 0.15) is 0 Å². The molecule has 2 heterocycles. The zero-order valence-electron chi connectivity index (χ0n) is 13.0. The van der Waals surface area contributed by atoms with Crippen LogP contribution in [0.15, 0.2) is 4.99 Å². The number of fused-ring (bicyclic) bond motifs is 6.